The van der Waals surface area contributed by atoms with Crippen LogP contribution in [-0.2, 0) is 22.9 Å². The Labute approximate surface area is 187 Å². The van der Waals surface area contributed by atoms with E-state index in [2.05, 4.69) is 4.72 Å². The molecule has 0 radical (unpaired) electrons. The first-order chi connectivity index (χ1) is 15.4. The minimum atomic E-state index is -3.75. The average Bonchev–Trinajstić information content (AvgIpc) is 2.80. The second-order valence-electron chi connectivity index (χ2n) is 7.59. The van der Waals surface area contributed by atoms with Crippen LogP contribution in [0.3, 0.4) is 0 Å². The van der Waals surface area contributed by atoms with Gasteiger partial charge in [-0.2, -0.15) is 0 Å². The van der Waals surface area contributed by atoms with Gasteiger partial charge in [0.1, 0.15) is 0 Å². The third-order valence-electron chi connectivity index (χ3n) is 5.43. The molecule has 0 saturated heterocycles. The standard InChI is InChI=1S/C26H23NO4S/c28-26(29)24-14-5-3-9-20(24)12-7-13-21-10-4-6-15-25(21)27-32(30,31)23-17-16-19-8-1-2-11-22(19)18-23/h1-6,8-11,14-18,27H,7,12-13H2,(H,28,29). The van der Waals surface area contributed by atoms with Crippen molar-refractivity contribution in [3.8, 4) is 0 Å². The predicted molar refractivity (Wildman–Crippen MR) is 127 cm³/mol. The minimum Gasteiger partial charge on any atom is -0.478 e. The minimum absolute atomic E-state index is 0.210. The number of aryl methyl sites for hydroxylation is 2. The van der Waals surface area contributed by atoms with Crippen LogP contribution in [-0.4, -0.2) is 19.5 Å². The summed E-state index contributed by atoms with van der Waals surface area (Å²) in [6, 6.07) is 27.0. The molecular weight excluding hydrogens is 422 g/mol. The highest BCUT2D eigenvalue weighted by Gasteiger charge is 2.16. The van der Waals surface area contributed by atoms with E-state index in [1.165, 1.54) is 0 Å². The molecule has 0 aliphatic carbocycles. The number of hydrogen-bond donors (Lipinski definition) is 2. The monoisotopic (exact) mass is 445 g/mol. The van der Waals surface area contributed by atoms with Crippen molar-refractivity contribution in [2.45, 2.75) is 24.2 Å². The van der Waals surface area contributed by atoms with Crippen molar-refractivity contribution in [1.29, 1.82) is 0 Å². The average molecular weight is 446 g/mol. The third kappa shape index (κ3) is 4.81. The van der Waals surface area contributed by atoms with Crippen LogP contribution in [0.1, 0.15) is 27.9 Å². The molecule has 4 aromatic carbocycles. The quantitative estimate of drug-likeness (QED) is 0.374. The largest absolute Gasteiger partial charge is 0.478 e. The number of fused-ring (bicyclic) bond motifs is 1. The van der Waals surface area contributed by atoms with Crippen LogP contribution in [0.5, 0.6) is 0 Å². The molecule has 4 rings (SSSR count). The van der Waals surface area contributed by atoms with E-state index in [9.17, 15) is 18.3 Å². The van der Waals surface area contributed by atoms with Crippen molar-refractivity contribution >= 4 is 32.5 Å². The van der Waals surface area contributed by atoms with Gasteiger partial charge in [-0.05, 0) is 65.4 Å². The summed E-state index contributed by atoms with van der Waals surface area (Å²) >= 11 is 0. The zero-order valence-electron chi connectivity index (χ0n) is 17.4. The van der Waals surface area contributed by atoms with E-state index < -0.39 is 16.0 Å². The summed E-state index contributed by atoms with van der Waals surface area (Å²) in [5.41, 5.74) is 2.48. The predicted octanol–water partition coefficient (Wildman–Crippen LogP) is 5.51. The molecule has 4 aromatic rings. The Kier molecular flexibility index (Phi) is 6.23. The van der Waals surface area contributed by atoms with Gasteiger partial charge in [0.2, 0.25) is 0 Å². The topological polar surface area (TPSA) is 83.5 Å². The van der Waals surface area contributed by atoms with Gasteiger partial charge in [-0.1, -0.05) is 66.7 Å². The van der Waals surface area contributed by atoms with Crippen LogP contribution in [0.15, 0.2) is 95.9 Å². The molecule has 0 aliphatic heterocycles. The van der Waals surface area contributed by atoms with Gasteiger partial charge in [-0.25, -0.2) is 13.2 Å². The van der Waals surface area contributed by atoms with Crippen molar-refractivity contribution in [2.75, 3.05) is 4.72 Å². The van der Waals surface area contributed by atoms with Gasteiger partial charge in [-0.3, -0.25) is 4.72 Å². The summed E-state index contributed by atoms with van der Waals surface area (Å²) in [5, 5.41) is 11.2. The van der Waals surface area contributed by atoms with Gasteiger partial charge in [-0.15, -0.1) is 0 Å². The van der Waals surface area contributed by atoms with Crippen molar-refractivity contribution in [3.63, 3.8) is 0 Å². The highest BCUT2D eigenvalue weighted by Crippen LogP contribution is 2.24. The van der Waals surface area contributed by atoms with E-state index in [1.54, 1.807) is 42.5 Å². The molecule has 32 heavy (non-hydrogen) atoms. The highest BCUT2D eigenvalue weighted by atomic mass is 32.2. The number of rotatable bonds is 8. The molecule has 6 heteroatoms. The summed E-state index contributed by atoms with van der Waals surface area (Å²) in [6.07, 6.45) is 1.90. The van der Waals surface area contributed by atoms with Gasteiger partial charge in [0.05, 0.1) is 16.1 Å². The number of hydrogen-bond acceptors (Lipinski definition) is 3. The lowest BCUT2D eigenvalue weighted by Gasteiger charge is -2.13. The van der Waals surface area contributed by atoms with Gasteiger partial charge < -0.3 is 5.11 Å². The molecule has 0 spiro atoms. The SMILES string of the molecule is O=C(O)c1ccccc1CCCc1ccccc1NS(=O)(=O)c1ccc2ccccc2c1. The summed E-state index contributed by atoms with van der Waals surface area (Å²) < 4.78 is 28.8. The molecule has 0 aliphatic rings. The molecule has 0 unspecified atom stereocenters. The van der Waals surface area contributed by atoms with Crippen LogP contribution in [0.25, 0.3) is 10.8 Å². The normalized spacial score (nSPS) is 11.4. The number of nitrogens with one attached hydrogen (secondary N) is 1. The Bertz CT molecular complexity index is 1380. The van der Waals surface area contributed by atoms with Crippen molar-refractivity contribution in [2.24, 2.45) is 0 Å². The highest BCUT2D eigenvalue weighted by molar-refractivity contribution is 7.92. The van der Waals surface area contributed by atoms with Gasteiger partial charge >= 0.3 is 5.97 Å². The van der Waals surface area contributed by atoms with E-state index in [4.69, 9.17) is 0 Å². The first kappa shape index (κ1) is 21.6. The number of sulfonamides is 1. The fourth-order valence-corrected chi connectivity index (χ4v) is 4.93. The molecule has 0 amide bonds. The van der Waals surface area contributed by atoms with Crippen LogP contribution < -0.4 is 4.72 Å². The molecule has 5 nitrogen and oxygen atoms in total. The molecule has 0 fully saturated rings. The Balaban J connectivity index is 1.51. The van der Waals surface area contributed by atoms with Crippen LogP contribution in [0.2, 0.25) is 0 Å². The Morgan fingerprint density at radius 3 is 2.16 bits per heavy atom. The Morgan fingerprint density at radius 2 is 1.38 bits per heavy atom. The molecule has 0 aromatic heterocycles. The summed E-state index contributed by atoms with van der Waals surface area (Å²) in [7, 11) is -3.75. The maximum atomic E-state index is 13.0. The summed E-state index contributed by atoms with van der Waals surface area (Å²) in [6.45, 7) is 0. The number of para-hydroxylation sites is 1. The first-order valence-electron chi connectivity index (χ1n) is 10.3. The number of carboxylic acid groups (broad SMARTS) is 1. The maximum absolute atomic E-state index is 13.0. The maximum Gasteiger partial charge on any atom is 0.335 e. The lowest BCUT2D eigenvalue weighted by molar-refractivity contribution is 0.0695. The van der Waals surface area contributed by atoms with Crippen LogP contribution >= 0.6 is 0 Å². The van der Waals surface area contributed by atoms with Crippen LogP contribution in [0.4, 0.5) is 5.69 Å². The fourth-order valence-electron chi connectivity index (χ4n) is 3.79. The zero-order valence-corrected chi connectivity index (χ0v) is 18.2. The summed E-state index contributed by atoms with van der Waals surface area (Å²) in [4.78, 5) is 11.6. The molecule has 162 valence electrons. The third-order valence-corrected chi connectivity index (χ3v) is 6.80. The van der Waals surface area contributed by atoms with Gasteiger partial charge in [0.15, 0.2) is 0 Å². The van der Waals surface area contributed by atoms with Gasteiger partial charge in [0, 0.05) is 0 Å². The summed E-state index contributed by atoms with van der Waals surface area (Å²) in [5.74, 6) is -0.941. The van der Waals surface area contributed by atoms with Crippen molar-refractivity contribution < 1.29 is 18.3 Å². The number of anilines is 1. The Hall–Kier alpha value is -3.64. The number of benzene rings is 4. The number of carbonyl (C=O) groups is 1. The lowest BCUT2D eigenvalue weighted by atomic mass is 9.99. The van der Waals surface area contributed by atoms with E-state index in [0.717, 1.165) is 21.9 Å². The van der Waals surface area contributed by atoms with E-state index in [1.807, 2.05) is 48.5 Å². The van der Waals surface area contributed by atoms with E-state index >= 15 is 0 Å². The van der Waals surface area contributed by atoms with Gasteiger partial charge in [0.25, 0.3) is 10.0 Å². The lowest BCUT2D eigenvalue weighted by Crippen LogP contribution is -2.14. The molecule has 2 N–H and O–H groups in total. The zero-order chi connectivity index (χ0) is 22.6. The molecule has 0 saturated carbocycles. The van der Waals surface area contributed by atoms with Crippen molar-refractivity contribution in [1.82, 2.24) is 0 Å². The first-order valence-corrected chi connectivity index (χ1v) is 11.8. The number of aromatic carboxylic acids is 1. The van der Waals surface area contributed by atoms with E-state index in [-0.39, 0.29) is 4.90 Å². The van der Waals surface area contributed by atoms with E-state index in [0.29, 0.717) is 30.5 Å². The molecular formula is C26H23NO4S. The molecule has 0 bridgehead atoms. The second kappa shape index (κ2) is 9.24. The Morgan fingerprint density at radius 1 is 0.750 bits per heavy atom. The van der Waals surface area contributed by atoms with Crippen LogP contribution in [0, 0.1) is 0 Å². The fraction of sp³-hybridized carbons (Fsp3) is 0.115. The second-order valence-corrected chi connectivity index (χ2v) is 9.27. The van der Waals surface area contributed by atoms with Crippen molar-refractivity contribution in [3.05, 3.63) is 108 Å². The molecule has 0 atom stereocenters. The molecule has 0 heterocycles. The smallest absolute Gasteiger partial charge is 0.335 e. The number of carboxylic acids is 1.